The highest BCUT2D eigenvalue weighted by Crippen LogP contribution is 2.41. The van der Waals surface area contributed by atoms with E-state index >= 15 is 0 Å². The Morgan fingerprint density at radius 3 is 2.44 bits per heavy atom. The lowest BCUT2D eigenvalue weighted by atomic mass is 10.0. The molecule has 0 unspecified atom stereocenters. The standard InChI is InChI=1S/C23H28N2O7/c1-23(2)31-20-19(18(13-25(26)27)24-16-9-11-17(28-3)12-10-16)30-22(21(20)32-23)29-14-15-7-5-4-6-8-15/h4-12,18-22,24H,13-14H2,1-3H3/t18-,19-,20+,21+,22+/m1/s1. The molecule has 0 amide bonds. The molecule has 0 aliphatic carbocycles. The molecule has 0 aromatic heterocycles. The van der Waals surface area contributed by atoms with Gasteiger partial charge in [-0.25, -0.2) is 0 Å². The lowest BCUT2D eigenvalue weighted by Crippen LogP contribution is -2.46. The zero-order chi connectivity index (χ0) is 22.7. The van der Waals surface area contributed by atoms with Crippen LogP contribution in [0.2, 0.25) is 0 Å². The summed E-state index contributed by atoms with van der Waals surface area (Å²) >= 11 is 0. The van der Waals surface area contributed by atoms with E-state index in [9.17, 15) is 10.1 Å². The maximum Gasteiger partial charge on any atom is 0.226 e. The average Bonchev–Trinajstić information content (AvgIpc) is 3.25. The van der Waals surface area contributed by atoms with Crippen LogP contribution in [0.25, 0.3) is 0 Å². The zero-order valence-electron chi connectivity index (χ0n) is 18.3. The fourth-order valence-electron chi connectivity index (χ4n) is 4.10. The van der Waals surface area contributed by atoms with Gasteiger partial charge < -0.3 is 29.0 Å². The first-order valence-electron chi connectivity index (χ1n) is 10.5. The van der Waals surface area contributed by atoms with Crippen molar-refractivity contribution in [1.82, 2.24) is 0 Å². The lowest BCUT2D eigenvalue weighted by molar-refractivity contribution is -0.484. The summed E-state index contributed by atoms with van der Waals surface area (Å²) in [6, 6.07) is 16.2. The van der Waals surface area contributed by atoms with E-state index in [4.69, 9.17) is 23.7 Å². The summed E-state index contributed by atoms with van der Waals surface area (Å²) in [5, 5.41) is 14.7. The third-order valence-corrected chi connectivity index (χ3v) is 5.49. The highest BCUT2D eigenvalue weighted by atomic mass is 16.8. The average molecular weight is 444 g/mol. The minimum atomic E-state index is -0.842. The van der Waals surface area contributed by atoms with Crippen LogP contribution in [-0.4, -0.2) is 55.0 Å². The van der Waals surface area contributed by atoms with Gasteiger partial charge in [0.1, 0.15) is 30.1 Å². The second kappa shape index (κ2) is 9.41. The maximum absolute atomic E-state index is 11.5. The molecule has 0 bridgehead atoms. The Kier molecular flexibility index (Phi) is 6.61. The minimum absolute atomic E-state index is 0.330. The van der Waals surface area contributed by atoms with Crippen molar-refractivity contribution in [2.75, 3.05) is 19.0 Å². The largest absolute Gasteiger partial charge is 0.497 e. The van der Waals surface area contributed by atoms with Gasteiger partial charge in [-0.3, -0.25) is 10.1 Å². The first-order valence-corrected chi connectivity index (χ1v) is 10.5. The molecule has 2 fully saturated rings. The van der Waals surface area contributed by atoms with Crippen LogP contribution in [0.3, 0.4) is 0 Å². The molecule has 2 heterocycles. The molecule has 4 rings (SSSR count). The summed E-state index contributed by atoms with van der Waals surface area (Å²) in [5.74, 6) is -0.146. The van der Waals surface area contributed by atoms with Gasteiger partial charge in [-0.15, -0.1) is 0 Å². The summed E-state index contributed by atoms with van der Waals surface area (Å²) in [6.45, 7) is 3.61. The third-order valence-electron chi connectivity index (χ3n) is 5.49. The molecule has 2 aliphatic heterocycles. The highest BCUT2D eigenvalue weighted by molar-refractivity contribution is 5.47. The Hall–Kier alpha value is -2.72. The van der Waals surface area contributed by atoms with Crippen molar-refractivity contribution in [1.29, 1.82) is 0 Å². The number of anilines is 1. The van der Waals surface area contributed by atoms with Crippen LogP contribution in [-0.2, 0) is 25.6 Å². The number of nitrogens with zero attached hydrogens (tertiary/aromatic N) is 1. The number of hydrogen-bond donors (Lipinski definition) is 1. The number of nitrogens with one attached hydrogen (secondary N) is 1. The molecule has 172 valence electrons. The van der Waals surface area contributed by atoms with Crippen LogP contribution < -0.4 is 10.1 Å². The van der Waals surface area contributed by atoms with Gasteiger partial charge in [0, 0.05) is 10.6 Å². The molecule has 1 N–H and O–H groups in total. The van der Waals surface area contributed by atoms with Crippen LogP contribution in [0.5, 0.6) is 5.75 Å². The van der Waals surface area contributed by atoms with Crippen LogP contribution in [0.15, 0.2) is 54.6 Å². The lowest BCUT2D eigenvalue weighted by Gasteiger charge is -2.28. The van der Waals surface area contributed by atoms with Crippen LogP contribution in [0, 0.1) is 10.1 Å². The number of fused-ring (bicyclic) bond motifs is 1. The second-order valence-electron chi connectivity index (χ2n) is 8.33. The maximum atomic E-state index is 11.5. The van der Waals surface area contributed by atoms with Gasteiger partial charge in [-0.05, 0) is 43.7 Å². The highest BCUT2D eigenvalue weighted by Gasteiger charge is 2.58. The summed E-state index contributed by atoms with van der Waals surface area (Å²) in [6.07, 6.45) is -2.36. The number of nitro groups is 1. The van der Waals surface area contributed by atoms with E-state index in [2.05, 4.69) is 5.32 Å². The molecular formula is C23H28N2O7. The van der Waals surface area contributed by atoms with Crippen LogP contribution in [0.4, 0.5) is 5.69 Å². The Morgan fingerprint density at radius 2 is 1.78 bits per heavy atom. The van der Waals surface area contributed by atoms with E-state index in [0.29, 0.717) is 18.0 Å². The smallest absolute Gasteiger partial charge is 0.226 e. The minimum Gasteiger partial charge on any atom is -0.497 e. The van der Waals surface area contributed by atoms with Crippen molar-refractivity contribution in [2.24, 2.45) is 0 Å². The fraction of sp³-hybridized carbons (Fsp3) is 0.478. The summed E-state index contributed by atoms with van der Waals surface area (Å²) in [4.78, 5) is 11.1. The molecule has 2 saturated heterocycles. The first kappa shape index (κ1) is 22.5. The number of rotatable bonds is 9. The summed E-state index contributed by atoms with van der Waals surface area (Å²) < 4.78 is 29.5. The van der Waals surface area contributed by atoms with Crippen molar-refractivity contribution in [3.05, 3.63) is 70.3 Å². The van der Waals surface area contributed by atoms with Crippen molar-refractivity contribution < 1.29 is 28.6 Å². The molecule has 9 heteroatoms. The molecule has 2 aromatic rings. The molecule has 2 aromatic carbocycles. The van der Waals surface area contributed by atoms with Crippen LogP contribution >= 0.6 is 0 Å². The van der Waals surface area contributed by atoms with E-state index < -0.39 is 36.4 Å². The Balaban J connectivity index is 1.52. The van der Waals surface area contributed by atoms with E-state index in [0.717, 1.165) is 5.56 Å². The van der Waals surface area contributed by atoms with Crippen molar-refractivity contribution in [3.8, 4) is 5.75 Å². The van der Waals surface area contributed by atoms with E-state index in [1.54, 1.807) is 31.4 Å². The summed E-state index contributed by atoms with van der Waals surface area (Å²) in [7, 11) is 1.58. The van der Waals surface area contributed by atoms with E-state index in [-0.39, 0.29) is 11.5 Å². The predicted octanol–water partition coefficient (Wildman–Crippen LogP) is 3.21. The van der Waals surface area contributed by atoms with Crippen molar-refractivity contribution in [2.45, 2.75) is 56.9 Å². The molecular weight excluding hydrogens is 416 g/mol. The Morgan fingerprint density at radius 1 is 1.09 bits per heavy atom. The SMILES string of the molecule is COc1ccc(N[C@H](C[N+](=O)[O-])[C@H]2O[C@H](OCc3ccccc3)[C@H]3OC(C)(C)O[C@H]32)cc1. The molecule has 2 aliphatic rings. The predicted molar refractivity (Wildman–Crippen MR) is 116 cm³/mol. The normalized spacial score (nSPS) is 27.0. The second-order valence-corrected chi connectivity index (χ2v) is 8.33. The number of hydrogen-bond acceptors (Lipinski definition) is 8. The van der Waals surface area contributed by atoms with Crippen molar-refractivity contribution in [3.63, 3.8) is 0 Å². The van der Waals surface area contributed by atoms with Gasteiger partial charge in [-0.2, -0.15) is 0 Å². The van der Waals surface area contributed by atoms with Gasteiger partial charge in [0.25, 0.3) is 0 Å². The molecule has 32 heavy (non-hydrogen) atoms. The summed E-state index contributed by atoms with van der Waals surface area (Å²) in [5.41, 5.74) is 1.71. The van der Waals surface area contributed by atoms with Gasteiger partial charge in [-0.1, -0.05) is 30.3 Å². The number of ether oxygens (including phenoxy) is 5. The fourth-order valence-corrected chi connectivity index (χ4v) is 4.10. The van der Waals surface area contributed by atoms with Gasteiger partial charge in [0.15, 0.2) is 12.1 Å². The number of benzene rings is 2. The number of methoxy groups -OCH3 is 1. The van der Waals surface area contributed by atoms with Gasteiger partial charge >= 0.3 is 0 Å². The first-order chi connectivity index (χ1) is 15.3. The van der Waals surface area contributed by atoms with Gasteiger partial charge in [0.05, 0.1) is 13.7 Å². The third kappa shape index (κ3) is 5.18. The van der Waals surface area contributed by atoms with E-state index in [1.807, 2.05) is 44.2 Å². The quantitative estimate of drug-likeness (QED) is 0.465. The van der Waals surface area contributed by atoms with E-state index in [1.165, 1.54) is 0 Å². The molecule has 0 spiro atoms. The zero-order valence-corrected chi connectivity index (χ0v) is 18.3. The molecule has 5 atom stereocenters. The van der Waals surface area contributed by atoms with Crippen LogP contribution in [0.1, 0.15) is 19.4 Å². The Bertz CT molecular complexity index is 906. The molecule has 0 radical (unpaired) electrons. The van der Waals surface area contributed by atoms with Crippen molar-refractivity contribution >= 4 is 5.69 Å². The monoisotopic (exact) mass is 444 g/mol. The topological polar surface area (TPSA) is 101 Å². The molecule has 9 nitrogen and oxygen atoms in total. The van der Waals surface area contributed by atoms with Gasteiger partial charge in [0.2, 0.25) is 6.54 Å². The molecule has 0 saturated carbocycles. The Labute approximate surface area is 186 Å².